The summed E-state index contributed by atoms with van der Waals surface area (Å²) in [4.78, 5) is 11.6. The largest absolute Gasteiger partial charge is 0.469 e. The fourth-order valence-electron chi connectivity index (χ4n) is 8.89. The molecule has 0 N–H and O–H groups in total. The fraction of sp³-hybridized carbons (Fsp3) is 0.962. The van der Waals surface area contributed by atoms with Crippen LogP contribution in [0, 0.1) is 52.3 Å². The molecule has 9 atom stereocenters. The second-order valence-corrected chi connectivity index (χ2v) is 12.3. The van der Waals surface area contributed by atoms with Crippen LogP contribution in [0.4, 0.5) is 17.6 Å². The highest BCUT2D eigenvalue weighted by Gasteiger charge is 2.75. The number of fused-ring (bicyclic) bond motifs is 5. The van der Waals surface area contributed by atoms with Gasteiger partial charge in [-0.2, -0.15) is 0 Å². The summed E-state index contributed by atoms with van der Waals surface area (Å²) in [5, 5.41) is 0. The molecular weight excluding hydrogens is 420 g/mol. The Kier molecular flexibility index (Phi) is 5.98. The van der Waals surface area contributed by atoms with Gasteiger partial charge in [-0.05, 0) is 73.0 Å². The second kappa shape index (κ2) is 7.86. The van der Waals surface area contributed by atoms with Crippen LogP contribution in [0.3, 0.4) is 0 Å². The van der Waals surface area contributed by atoms with E-state index < -0.39 is 46.8 Å². The number of ether oxygens (including phenoxy) is 1. The van der Waals surface area contributed by atoms with Crippen LogP contribution in [-0.2, 0) is 9.53 Å². The predicted molar refractivity (Wildman–Crippen MR) is 115 cm³/mol. The number of carbonyl (C=O) groups excluding carboxylic acids is 1. The summed E-state index contributed by atoms with van der Waals surface area (Å²) in [5.41, 5.74) is -1.86. The van der Waals surface area contributed by atoms with E-state index in [2.05, 4.69) is 6.92 Å². The first-order valence-electron chi connectivity index (χ1n) is 12.6. The minimum Gasteiger partial charge on any atom is -0.469 e. The van der Waals surface area contributed by atoms with Gasteiger partial charge in [0, 0.05) is 30.6 Å². The Morgan fingerprint density at radius 3 is 2.41 bits per heavy atom. The lowest BCUT2D eigenvalue weighted by Crippen LogP contribution is -2.66. The molecule has 0 bridgehead atoms. The maximum absolute atomic E-state index is 16.1. The molecule has 4 fully saturated rings. The van der Waals surface area contributed by atoms with E-state index in [1.807, 2.05) is 13.8 Å². The van der Waals surface area contributed by atoms with E-state index in [4.69, 9.17) is 4.74 Å². The molecular formula is C26H40F4O2. The van der Waals surface area contributed by atoms with Gasteiger partial charge in [-0.25, -0.2) is 17.6 Å². The smallest absolute Gasteiger partial charge is 0.305 e. The summed E-state index contributed by atoms with van der Waals surface area (Å²) in [6, 6.07) is 0. The van der Waals surface area contributed by atoms with Gasteiger partial charge in [0.1, 0.15) is 0 Å². The van der Waals surface area contributed by atoms with E-state index in [-0.39, 0.29) is 36.6 Å². The van der Waals surface area contributed by atoms with Crippen LogP contribution < -0.4 is 0 Å². The van der Waals surface area contributed by atoms with Crippen molar-refractivity contribution in [1.29, 1.82) is 0 Å². The molecule has 2 nitrogen and oxygen atoms in total. The third-order valence-corrected chi connectivity index (χ3v) is 10.8. The van der Waals surface area contributed by atoms with Crippen LogP contribution in [0.1, 0.15) is 85.5 Å². The van der Waals surface area contributed by atoms with Gasteiger partial charge in [0.25, 0.3) is 11.8 Å². The molecule has 0 aromatic rings. The van der Waals surface area contributed by atoms with Gasteiger partial charge in [-0.3, -0.25) is 4.79 Å². The van der Waals surface area contributed by atoms with Crippen LogP contribution in [0.25, 0.3) is 0 Å². The van der Waals surface area contributed by atoms with E-state index in [1.54, 1.807) is 6.92 Å². The SMILES string of the molecule is COC(=O)CC[C@@H](C)C1CC[C@H]2[C@H]3[C@H](CC(F)(F)[C@]12C)[C@@]1(C)CC[C@@H](C)C[C@H]1CC3(F)F. The van der Waals surface area contributed by atoms with Crippen molar-refractivity contribution in [3.63, 3.8) is 0 Å². The Labute approximate surface area is 190 Å². The molecule has 4 saturated carbocycles. The summed E-state index contributed by atoms with van der Waals surface area (Å²) in [7, 11) is 1.32. The highest BCUT2D eigenvalue weighted by atomic mass is 19.3. The molecule has 0 amide bonds. The molecule has 0 radical (unpaired) electrons. The first-order valence-corrected chi connectivity index (χ1v) is 12.6. The Morgan fingerprint density at radius 1 is 1.06 bits per heavy atom. The Morgan fingerprint density at radius 2 is 1.75 bits per heavy atom. The average molecular weight is 461 g/mol. The number of esters is 1. The topological polar surface area (TPSA) is 26.3 Å². The zero-order valence-electron chi connectivity index (χ0n) is 20.2. The van der Waals surface area contributed by atoms with Crippen molar-refractivity contribution >= 4 is 5.97 Å². The van der Waals surface area contributed by atoms with Crippen molar-refractivity contribution in [2.45, 2.75) is 97.3 Å². The van der Waals surface area contributed by atoms with E-state index in [0.717, 1.165) is 19.3 Å². The number of hydrogen-bond donors (Lipinski definition) is 0. The van der Waals surface area contributed by atoms with Gasteiger partial charge in [0.2, 0.25) is 0 Å². The molecule has 32 heavy (non-hydrogen) atoms. The molecule has 0 aromatic heterocycles. The Bertz CT molecular complexity index is 739. The molecule has 4 aliphatic carbocycles. The number of rotatable bonds is 4. The number of alkyl halides is 4. The van der Waals surface area contributed by atoms with Gasteiger partial charge in [-0.1, -0.05) is 34.1 Å². The number of methoxy groups -OCH3 is 1. The Hall–Kier alpha value is -0.810. The van der Waals surface area contributed by atoms with Crippen molar-refractivity contribution in [3.05, 3.63) is 0 Å². The zero-order chi connectivity index (χ0) is 23.7. The molecule has 1 unspecified atom stereocenters. The lowest BCUT2D eigenvalue weighted by Gasteiger charge is -2.64. The fourth-order valence-corrected chi connectivity index (χ4v) is 8.89. The first kappa shape index (κ1) is 24.3. The van der Waals surface area contributed by atoms with Gasteiger partial charge in [0.05, 0.1) is 7.11 Å². The number of halogens is 4. The van der Waals surface area contributed by atoms with E-state index in [0.29, 0.717) is 25.2 Å². The van der Waals surface area contributed by atoms with Gasteiger partial charge < -0.3 is 4.74 Å². The highest BCUT2D eigenvalue weighted by molar-refractivity contribution is 5.69. The van der Waals surface area contributed by atoms with Crippen molar-refractivity contribution in [2.24, 2.45) is 52.3 Å². The molecule has 6 heteroatoms. The minimum atomic E-state index is -2.98. The maximum atomic E-state index is 16.1. The maximum Gasteiger partial charge on any atom is 0.305 e. The summed E-state index contributed by atoms with van der Waals surface area (Å²) in [5.74, 6) is -8.75. The van der Waals surface area contributed by atoms with Crippen molar-refractivity contribution in [3.8, 4) is 0 Å². The molecule has 0 aliphatic heterocycles. The number of carbonyl (C=O) groups is 1. The van der Waals surface area contributed by atoms with Crippen LogP contribution in [0.2, 0.25) is 0 Å². The lowest BCUT2D eigenvalue weighted by atomic mass is 9.42. The van der Waals surface area contributed by atoms with Crippen molar-refractivity contribution < 1.29 is 27.1 Å². The van der Waals surface area contributed by atoms with Gasteiger partial charge in [-0.15, -0.1) is 0 Å². The summed E-state index contributed by atoms with van der Waals surface area (Å²) < 4.78 is 68.5. The number of hydrogen-bond acceptors (Lipinski definition) is 2. The Balaban J connectivity index is 1.67. The first-order chi connectivity index (χ1) is 14.8. The molecule has 4 rings (SSSR count). The predicted octanol–water partition coefficient (Wildman–Crippen LogP) is 7.36. The summed E-state index contributed by atoms with van der Waals surface area (Å²) in [6.45, 7) is 7.64. The highest BCUT2D eigenvalue weighted by Crippen LogP contribution is 2.74. The van der Waals surface area contributed by atoms with Gasteiger partial charge in [0.15, 0.2) is 0 Å². The summed E-state index contributed by atoms with van der Waals surface area (Å²) >= 11 is 0. The lowest BCUT2D eigenvalue weighted by molar-refractivity contribution is -0.294. The van der Waals surface area contributed by atoms with E-state index in [9.17, 15) is 4.79 Å². The molecule has 0 aromatic carbocycles. The van der Waals surface area contributed by atoms with Gasteiger partial charge >= 0.3 is 5.97 Å². The zero-order valence-corrected chi connectivity index (χ0v) is 20.2. The molecule has 0 heterocycles. The second-order valence-electron chi connectivity index (χ2n) is 12.3. The average Bonchev–Trinajstić information content (AvgIpc) is 3.06. The standard InChI is InChI=1S/C26H40F4O2/c1-15-10-11-23(3)17(12-15)13-25(27,28)22-19-8-7-18(16(2)6-9-21(31)32-5)24(19,4)26(29,30)14-20(22)23/h15-20,22H,6-14H2,1-5H3/t15-,16-,17+,18?,19+,20+,22+,23+,24-/m1/s1. The molecule has 184 valence electrons. The van der Waals surface area contributed by atoms with E-state index in [1.165, 1.54) is 7.11 Å². The van der Waals surface area contributed by atoms with Crippen LogP contribution in [0.5, 0.6) is 0 Å². The van der Waals surface area contributed by atoms with Crippen LogP contribution >= 0.6 is 0 Å². The third kappa shape index (κ3) is 3.43. The third-order valence-electron chi connectivity index (χ3n) is 10.8. The minimum absolute atomic E-state index is 0.136. The molecule has 0 saturated heterocycles. The van der Waals surface area contributed by atoms with E-state index >= 15 is 17.6 Å². The van der Waals surface area contributed by atoms with Crippen LogP contribution in [-0.4, -0.2) is 24.9 Å². The molecule has 0 spiro atoms. The van der Waals surface area contributed by atoms with Crippen LogP contribution in [0.15, 0.2) is 0 Å². The quantitative estimate of drug-likeness (QED) is 0.324. The normalized spacial score (nSPS) is 47.7. The van der Waals surface area contributed by atoms with Crippen molar-refractivity contribution in [1.82, 2.24) is 0 Å². The molecule has 4 aliphatic rings. The monoisotopic (exact) mass is 460 g/mol. The van der Waals surface area contributed by atoms with Crippen molar-refractivity contribution in [2.75, 3.05) is 7.11 Å². The summed E-state index contributed by atoms with van der Waals surface area (Å²) in [6.07, 6.45) is 3.52.